The standard InChI is InChI=1S/C15H27N3O4/c1-15(2,3)10-18-7-6-16-14(21)11(18)8-12(19)17(4)9-13(20)22-5/h11H,6-10H2,1-5H3,(H,16,21)/t11-/m1/s1. The molecule has 7 nitrogen and oxygen atoms in total. The zero-order valence-corrected chi connectivity index (χ0v) is 14.1. The molecule has 0 saturated carbocycles. The van der Waals surface area contributed by atoms with Gasteiger partial charge >= 0.3 is 5.97 Å². The molecule has 0 unspecified atom stereocenters. The summed E-state index contributed by atoms with van der Waals surface area (Å²) >= 11 is 0. The smallest absolute Gasteiger partial charge is 0.325 e. The lowest BCUT2D eigenvalue weighted by Crippen LogP contribution is -2.58. The Kier molecular flexibility index (Phi) is 6.34. The van der Waals surface area contributed by atoms with Gasteiger partial charge in [0.1, 0.15) is 6.54 Å². The number of esters is 1. The Hall–Kier alpha value is -1.63. The molecular formula is C15H27N3O4. The number of likely N-dealkylation sites (N-methyl/N-ethyl adjacent to an activating group) is 1. The summed E-state index contributed by atoms with van der Waals surface area (Å²) in [6.07, 6.45) is 0.0649. The molecule has 2 amide bonds. The predicted octanol–water partition coefficient (Wildman–Crippen LogP) is -0.146. The molecule has 0 aromatic carbocycles. The Bertz CT molecular complexity index is 431. The van der Waals surface area contributed by atoms with Gasteiger partial charge in [0.05, 0.1) is 19.6 Å². The highest BCUT2D eigenvalue weighted by atomic mass is 16.5. The Morgan fingerprint density at radius 1 is 1.41 bits per heavy atom. The van der Waals surface area contributed by atoms with Gasteiger partial charge in [0, 0.05) is 26.7 Å². The van der Waals surface area contributed by atoms with Crippen molar-refractivity contribution in [1.82, 2.24) is 15.1 Å². The zero-order valence-electron chi connectivity index (χ0n) is 14.1. The first kappa shape index (κ1) is 18.4. The average molecular weight is 313 g/mol. The van der Waals surface area contributed by atoms with Crippen LogP contribution in [0.4, 0.5) is 0 Å². The summed E-state index contributed by atoms with van der Waals surface area (Å²) in [5.74, 6) is -0.850. The third-order valence-electron chi connectivity index (χ3n) is 3.51. The molecule has 7 heteroatoms. The van der Waals surface area contributed by atoms with Crippen LogP contribution in [0.15, 0.2) is 0 Å². The number of rotatable bonds is 5. The van der Waals surface area contributed by atoms with Crippen LogP contribution in [0.5, 0.6) is 0 Å². The molecule has 0 aliphatic carbocycles. The molecule has 1 saturated heterocycles. The molecule has 0 radical (unpaired) electrons. The highest BCUT2D eigenvalue weighted by molar-refractivity contribution is 5.90. The number of methoxy groups -OCH3 is 1. The molecule has 1 fully saturated rings. The van der Waals surface area contributed by atoms with E-state index in [1.807, 2.05) is 4.90 Å². The molecule has 1 aliphatic heterocycles. The minimum absolute atomic E-state index is 0.0385. The number of nitrogens with one attached hydrogen (secondary N) is 1. The topological polar surface area (TPSA) is 78.9 Å². The number of carbonyl (C=O) groups is 3. The van der Waals surface area contributed by atoms with Crippen molar-refractivity contribution in [1.29, 1.82) is 0 Å². The van der Waals surface area contributed by atoms with Crippen LogP contribution in [0.25, 0.3) is 0 Å². The van der Waals surface area contributed by atoms with E-state index in [1.54, 1.807) is 0 Å². The monoisotopic (exact) mass is 313 g/mol. The minimum Gasteiger partial charge on any atom is -0.468 e. The second-order valence-corrected chi connectivity index (χ2v) is 6.87. The summed E-state index contributed by atoms with van der Waals surface area (Å²) in [5.41, 5.74) is 0.0385. The maximum absolute atomic E-state index is 12.2. The van der Waals surface area contributed by atoms with Gasteiger partial charge < -0.3 is 15.0 Å². The van der Waals surface area contributed by atoms with Gasteiger partial charge in [-0.3, -0.25) is 19.3 Å². The fraction of sp³-hybridized carbons (Fsp3) is 0.800. The van der Waals surface area contributed by atoms with Crippen molar-refractivity contribution in [3.63, 3.8) is 0 Å². The second kappa shape index (κ2) is 7.58. The van der Waals surface area contributed by atoms with E-state index in [4.69, 9.17) is 0 Å². The number of hydrogen-bond donors (Lipinski definition) is 1. The van der Waals surface area contributed by atoms with Gasteiger partial charge in [-0.05, 0) is 5.41 Å². The van der Waals surface area contributed by atoms with Crippen LogP contribution in [0, 0.1) is 5.41 Å². The third kappa shape index (κ3) is 5.63. The first-order valence-corrected chi connectivity index (χ1v) is 7.46. The first-order valence-electron chi connectivity index (χ1n) is 7.46. The van der Waals surface area contributed by atoms with Crippen molar-refractivity contribution >= 4 is 17.8 Å². The van der Waals surface area contributed by atoms with Crippen LogP contribution in [-0.2, 0) is 19.1 Å². The lowest BCUT2D eigenvalue weighted by atomic mass is 9.94. The van der Waals surface area contributed by atoms with Crippen molar-refractivity contribution in [2.45, 2.75) is 33.2 Å². The molecule has 1 atom stereocenters. The number of amides is 2. The van der Waals surface area contributed by atoms with Crippen molar-refractivity contribution in [3.05, 3.63) is 0 Å². The van der Waals surface area contributed by atoms with Crippen LogP contribution in [0.1, 0.15) is 27.2 Å². The number of piperazine rings is 1. The summed E-state index contributed by atoms with van der Waals surface area (Å²) in [5, 5.41) is 2.80. The molecule has 0 aromatic rings. The number of hydrogen-bond acceptors (Lipinski definition) is 5. The average Bonchev–Trinajstić information content (AvgIpc) is 2.40. The molecule has 0 spiro atoms. The van der Waals surface area contributed by atoms with Gasteiger partial charge in [-0.15, -0.1) is 0 Å². The van der Waals surface area contributed by atoms with Gasteiger partial charge in [0.15, 0.2) is 0 Å². The van der Waals surface area contributed by atoms with Crippen molar-refractivity contribution < 1.29 is 19.1 Å². The number of carbonyl (C=O) groups excluding carboxylic acids is 3. The van der Waals surface area contributed by atoms with E-state index in [9.17, 15) is 14.4 Å². The highest BCUT2D eigenvalue weighted by Crippen LogP contribution is 2.20. The summed E-state index contributed by atoms with van der Waals surface area (Å²) in [4.78, 5) is 38.9. The highest BCUT2D eigenvalue weighted by Gasteiger charge is 2.34. The van der Waals surface area contributed by atoms with E-state index in [0.29, 0.717) is 6.54 Å². The van der Waals surface area contributed by atoms with Gasteiger partial charge in [-0.25, -0.2) is 0 Å². The molecule has 0 bridgehead atoms. The van der Waals surface area contributed by atoms with E-state index in [-0.39, 0.29) is 30.2 Å². The van der Waals surface area contributed by atoms with Crippen LogP contribution in [0.2, 0.25) is 0 Å². The fourth-order valence-electron chi connectivity index (χ4n) is 2.45. The van der Waals surface area contributed by atoms with Crippen LogP contribution in [0.3, 0.4) is 0 Å². The lowest BCUT2D eigenvalue weighted by molar-refractivity contribution is -0.147. The zero-order chi connectivity index (χ0) is 16.9. The molecular weight excluding hydrogens is 286 g/mol. The Morgan fingerprint density at radius 2 is 2.05 bits per heavy atom. The molecule has 1 heterocycles. The van der Waals surface area contributed by atoms with E-state index in [2.05, 4.69) is 30.8 Å². The third-order valence-corrected chi connectivity index (χ3v) is 3.51. The fourth-order valence-corrected chi connectivity index (χ4v) is 2.45. The molecule has 1 aliphatic rings. The molecule has 126 valence electrons. The lowest BCUT2D eigenvalue weighted by Gasteiger charge is -2.38. The van der Waals surface area contributed by atoms with Crippen LogP contribution >= 0.6 is 0 Å². The van der Waals surface area contributed by atoms with E-state index in [1.165, 1.54) is 19.1 Å². The second-order valence-electron chi connectivity index (χ2n) is 6.87. The quantitative estimate of drug-likeness (QED) is 0.715. The van der Waals surface area contributed by atoms with Crippen molar-refractivity contribution in [2.75, 3.05) is 40.3 Å². The summed E-state index contributed by atoms with van der Waals surface area (Å²) < 4.78 is 4.55. The minimum atomic E-state index is -0.486. The van der Waals surface area contributed by atoms with Gasteiger partial charge in [0.25, 0.3) is 0 Å². The van der Waals surface area contributed by atoms with Crippen molar-refractivity contribution in [3.8, 4) is 0 Å². The first-order chi connectivity index (χ1) is 10.1. The normalized spacial score (nSPS) is 19.5. The number of nitrogens with zero attached hydrogens (tertiary/aromatic N) is 2. The number of ether oxygens (including phenoxy) is 1. The SMILES string of the molecule is COC(=O)CN(C)C(=O)C[C@@H]1C(=O)NCCN1CC(C)(C)C. The maximum atomic E-state index is 12.2. The van der Waals surface area contributed by atoms with Gasteiger partial charge in [-0.2, -0.15) is 0 Å². The Labute approximate surface area is 132 Å². The largest absolute Gasteiger partial charge is 0.468 e. The summed E-state index contributed by atoms with van der Waals surface area (Å²) in [6, 6.07) is -0.486. The Morgan fingerprint density at radius 3 is 2.59 bits per heavy atom. The van der Waals surface area contributed by atoms with E-state index < -0.39 is 12.0 Å². The van der Waals surface area contributed by atoms with Crippen LogP contribution in [-0.4, -0.2) is 74.0 Å². The van der Waals surface area contributed by atoms with Gasteiger partial charge in [-0.1, -0.05) is 20.8 Å². The summed E-state index contributed by atoms with van der Waals surface area (Å²) in [6.45, 7) is 8.24. The molecule has 0 aromatic heterocycles. The van der Waals surface area contributed by atoms with E-state index in [0.717, 1.165) is 13.1 Å². The molecule has 1 rings (SSSR count). The van der Waals surface area contributed by atoms with Gasteiger partial charge in [0.2, 0.25) is 11.8 Å². The molecule has 22 heavy (non-hydrogen) atoms. The predicted molar refractivity (Wildman–Crippen MR) is 82.1 cm³/mol. The summed E-state index contributed by atoms with van der Waals surface area (Å²) in [7, 11) is 2.81. The van der Waals surface area contributed by atoms with Crippen molar-refractivity contribution in [2.24, 2.45) is 5.41 Å². The molecule has 1 N–H and O–H groups in total. The van der Waals surface area contributed by atoms with Crippen LogP contribution < -0.4 is 5.32 Å². The maximum Gasteiger partial charge on any atom is 0.325 e. The van der Waals surface area contributed by atoms with E-state index >= 15 is 0 Å². The Balaban J connectivity index is 2.70.